The molecule has 1 N–H and O–H groups in total. The molecule has 0 aliphatic heterocycles. The molecule has 1 heterocycles. The van der Waals surface area contributed by atoms with Gasteiger partial charge in [-0.15, -0.1) is 0 Å². The first kappa shape index (κ1) is 18.2. The van der Waals surface area contributed by atoms with Crippen LogP contribution >= 0.6 is 0 Å². The van der Waals surface area contributed by atoms with Gasteiger partial charge >= 0.3 is 0 Å². The zero-order valence-electron chi connectivity index (χ0n) is 14.1. The third-order valence-electron chi connectivity index (χ3n) is 3.09. The summed E-state index contributed by atoms with van der Waals surface area (Å²) in [6, 6.07) is 3.80. The molecule has 0 radical (unpaired) electrons. The largest absolute Gasteiger partial charge is 0.477 e. The minimum Gasteiger partial charge on any atom is -0.477 e. The van der Waals surface area contributed by atoms with Gasteiger partial charge in [0, 0.05) is 25.9 Å². The van der Waals surface area contributed by atoms with Crippen molar-refractivity contribution in [1.29, 1.82) is 0 Å². The summed E-state index contributed by atoms with van der Waals surface area (Å²) in [6.45, 7) is 9.93. The SMILES string of the molecule is COCCN(/C(=N\O)c1cccnc1OCC(C)C)C(C)C. The lowest BCUT2D eigenvalue weighted by atomic mass is 10.2. The quantitative estimate of drug-likeness (QED) is 0.346. The minimum atomic E-state index is 0.152. The third-order valence-corrected chi connectivity index (χ3v) is 3.09. The van der Waals surface area contributed by atoms with E-state index in [4.69, 9.17) is 9.47 Å². The van der Waals surface area contributed by atoms with Crippen LogP contribution in [0.25, 0.3) is 0 Å². The number of aromatic nitrogens is 1. The van der Waals surface area contributed by atoms with E-state index in [1.54, 1.807) is 19.4 Å². The zero-order valence-corrected chi connectivity index (χ0v) is 14.1. The molecule has 1 aromatic rings. The number of oxime groups is 1. The number of rotatable bonds is 8. The molecule has 0 atom stereocenters. The zero-order chi connectivity index (χ0) is 16.5. The highest BCUT2D eigenvalue weighted by Gasteiger charge is 2.21. The molecular formula is C16H27N3O3. The Bertz CT molecular complexity index is 475. The van der Waals surface area contributed by atoms with Crippen LogP contribution in [0.3, 0.4) is 0 Å². The average molecular weight is 309 g/mol. The van der Waals surface area contributed by atoms with Gasteiger partial charge in [0.05, 0.1) is 18.8 Å². The number of pyridine rings is 1. The van der Waals surface area contributed by atoms with Crippen LogP contribution in [0.1, 0.15) is 33.3 Å². The Morgan fingerprint density at radius 3 is 2.64 bits per heavy atom. The summed E-state index contributed by atoms with van der Waals surface area (Å²) >= 11 is 0. The fourth-order valence-electron chi connectivity index (χ4n) is 1.99. The monoisotopic (exact) mass is 309 g/mol. The van der Waals surface area contributed by atoms with E-state index in [0.29, 0.717) is 43.0 Å². The highest BCUT2D eigenvalue weighted by molar-refractivity contribution is 6.00. The predicted molar refractivity (Wildman–Crippen MR) is 86.6 cm³/mol. The Kier molecular flexibility index (Phi) is 7.66. The lowest BCUT2D eigenvalue weighted by Crippen LogP contribution is -2.40. The molecule has 1 aromatic heterocycles. The van der Waals surface area contributed by atoms with Crippen LogP contribution in [0, 0.1) is 5.92 Å². The van der Waals surface area contributed by atoms with Gasteiger partial charge in [0.15, 0.2) is 5.84 Å². The molecule has 0 bridgehead atoms. The highest BCUT2D eigenvalue weighted by atomic mass is 16.5. The molecule has 6 heteroatoms. The second kappa shape index (κ2) is 9.25. The third kappa shape index (κ3) is 5.18. The summed E-state index contributed by atoms with van der Waals surface area (Å²) in [5.41, 5.74) is 0.676. The van der Waals surface area contributed by atoms with Gasteiger partial charge < -0.3 is 19.6 Å². The predicted octanol–water partition coefficient (Wildman–Crippen LogP) is 2.61. The number of hydrogen-bond acceptors (Lipinski definition) is 5. The van der Waals surface area contributed by atoms with E-state index in [1.165, 1.54) is 0 Å². The van der Waals surface area contributed by atoms with Crippen LogP contribution in [0.4, 0.5) is 0 Å². The summed E-state index contributed by atoms with van der Waals surface area (Å²) in [5.74, 6) is 1.31. The molecule has 0 saturated heterocycles. The van der Waals surface area contributed by atoms with E-state index in [9.17, 15) is 5.21 Å². The summed E-state index contributed by atoms with van der Waals surface area (Å²) in [6.07, 6.45) is 1.67. The Labute approximate surface area is 132 Å². The van der Waals surface area contributed by atoms with Crippen molar-refractivity contribution in [2.75, 3.05) is 26.9 Å². The number of hydrogen-bond donors (Lipinski definition) is 1. The molecule has 0 aliphatic carbocycles. The fourth-order valence-corrected chi connectivity index (χ4v) is 1.99. The molecule has 1 rings (SSSR count). The maximum Gasteiger partial charge on any atom is 0.224 e. The summed E-state index contributed by atoms with van der Waals surface area (Å²) in [4.78, 5) is 6.23. The lowest BCUT2D eigenvalue weighted by Gasteiger charge is -2.29. The van der Waals surface area contributed by atoms with E-state index in [-0.39, 0.29) is 6.04 Å². The fraction of sp³-hybridized carbons (Fsp3) is 0.625. The molecule has 6 nitrogen and oxygen atoms in total. The first-order valence-corrected chi connectivity index (χ1v) is 7.57. The van der Waals surface area contributed by atoms with Crippen molar-refractivity contribution in [2.45, 2.75) is 33.7 Å². The van der Waals surface area contributed by atoms with Crippen molar-refractivity contribution in [1.82, 2.24) is 9.88 Å². The first-order chi connectivity index (χ1) is 10.5. The summed E-state index contributed by atoms with van der Waals surface area (Å²) in [7, 11) is 1.65. The molecule has 0 unspecified atom stereocenters. The van der Waals surface area contributed by atoms with Gasteiger partial charge in [-0.25, -0.2) is 4.98 Å². The normalized spacial score (nSPS) is 12.0. The van der Waals surface area contributed by atoms with E-state index in [2.05, 4.69) is 24.0 Å². The lowest BCUT2D eigenvalue weighted by molar-refractivity contribution is 0.164. The van der Waals surface area contributed by atoms with E-state index in [1.807, 2.05) is 24.8 Å². The number of methoxy groups -OCH3 is 1. The molecule has 0 saturated carbocycles. The molecule has 0 amide bonds. The molecule has 0 spiro atoms. The Morgan fingerprint density at radius 1 is 1.36 bits per heavy atom. The molecule has 0 aromatic carbocycles. The first-order valence-electron chi connectivity index (χ1n) is 7.57. The van der Waals surface area contributed by atoms with Gasteiger partial charge in [-0.2, -0.15) is 0 Å². The van der Waals surface area contributed by atoms with Crippen molar-refractivity contribution in [2.24, 2.45) is 11.1 Å². The van der Waals surface area contributed by atoms with Gasteiger partial charge in [0.25, 0.3) is 0 Å². The molecule has 124 valence electrons. The van der Waals surface area contributed by atoms with Crippen molar-refractivity contribution < 1.29 is 14.7 Å². The topological polar surface area (TPSA) is 67.2 Å². The Morgan fingerprint density at radius 2 is 2.09 bits per heavy atom. The van der Waals surface area contributed by atoms with Crippen LogP contribution in [0.15, 0.2) is 23.5 Å². The number of amidine groups is 1. The molecular weight excluding hydrogens is 282 g/mol. The van der Waals surface area contributed by atoms with Crippen molar-refractivity contribution in [3.63, 3.8) is 0 Å². The van der Waals surface area contributed by atoms with Gasteiger partial charge in [0.1, 0.15) is 0 Å². The van der Waals surface area contributed by atoms with Gasteiger partial charge in [-0.1, -0.05) is 19.0 Å². The number of nitrogens with zero attached hydrogens (tertiary/aromatic N) is 3. The summed E-state index contributed by atoms with van der Waals surface area (Å²) in [5, 5.41) is 13.0. The van der Waals surface area contributed by atoms with Crippen LogP contribution in [-0.2, 0) is 4.74 Å². The standard InChI is InChI=1S/C16H27N3O3/c1-12(2)11-22-16-14(7-6-8-17-16)15(18-20)19(13(3)4)9-10-21-5/h6-8,12-13,20H,9-11H2,1-5H3/b18-15-. The molecule has 22 heavy (non-hydrogen) atoms. The van der Waals surface area contributed by atoms with Crippen LogP contribution in [0.2, 0.25) is 0 Å². The van der Waals surface area contributed by atoms with Crippen molar-refractivity contribution >= 4 is 5.84 Å². The Balaban J connectivity index is 3.07. The second-order valence-corrected chi connectivity index (χ2v) is 5.76. The van der Waals surface area contributed by atoms with E-state index in [0.717, 1.165) is 0 Å². The van der Waals surface area contributed by atoms with Gasteiger partial charge in [-0.3, -0.25) is 0 Å². The highest BCUT2D eigenvalue weighted by Crippen LogP contribution is 2.19. The van der Waals surface area contributed by atoms with Crippen LogP contribution < -0.4 is 4.74 Å². The van der Waals surface area contributed by atoms with Crippen molar-refractivity contribution in [3.05, 3.63) is 23.9 Å². The smallest absolute Gasteiger partial charge is 0.224 e. The van der Waals surface area contributed by atoms with Crippen LogP contribution in [-0.4, -0.2) is 53.8 Å². The van der Waals surface area contributed by atoms with Crippen molar-refractivity contribution in [3.8, 4) is 5.88 Å². The average Bonchev–Trinajstić information content (AvgIpc) is 2.49. The number of ether oxygens (including phenoxy) is 2. The van der Waals surface area contributed by atoms with E-state index < -0.39 is 0 Å². The molecule has 0 aliphatic rings. The van der Waals surface area contributed by atoms with E-state index >= 15 is 0 Å². The summed E-state index contributed by atoms with van der Waals surface area (Å²) < 4.78 is 10.9. The van der Waals surface area contributed by atoms with Gasteiger partial charge in [-0.05, 0) is 31.9 Å². The second-order valence-electron chi connectivity index (χ2n) is 5.76. The Hall–Kier alpha value is -1.82. The maximum atomic E-state index is 9.52. The molecule has 0 fully saturated rings. The minimum absolute atomic E-state index is 0.152. The maximum absolute atomic E-state index is 9.52. The van der Waals surface area contributed by atoms with Crippen LogP contribution in [0.5, 0.6) is 5.88 Å². The van der Waals surface area contributed by atoms with Gasteiger partial charge in [0.2, 0.25) is 5.88 Å².